The fourth-order valence-corrected chi connectivity index (χ4v) is 4.83. The predicted molar refractivity (Wildman–Crippen MR) is 129 cm³/mol. The Morgan fingerprint density at radius 2 is 1.88 bits per heavy atom. The summed E-state index contributed by atoms with van der Waals surface area (Å²) in [5.74, 6) is 0.281. The van der Waals surface area contributed by atoms with Crippen molar-refractivity contribution in [3.63, 3.8) is 0 Å². The third kappa shape index (κ3) is 5.46. The topological polar surface area (TPSA) is 86.8 Å². The zero-order chi connectivity index (χ0) is 24.2. The second kappa shape index (κ2) is 10.9. The molecule has 2 atom stereocenters. The summed E-state index contributed by atoms with van der Waals surface area (Å²) < 4.78 is 16.0. The fourth-order valence-electron chi connectivity index (χ4n) is 4.83. The molecule has 1 aromatic carbocycles. The van der Waals surface area contributed by atoms with Crippen LogP contribution in [0.25, 0.3) is 0 Å². The van der Waals surface area contributed by atoms with Crippen LogP contribution in [0.2, 0.25) is 0 Å². The van der Waals surface area contributed by atoms with E-state index in [0.29, 0.717) is 17.9 Å². The molecule has 10 nitrogen and oxygen atoms in total. The number of nitrogens with one attached hydrogen (secondary N) is 1. The average Bonchev–Trinajstić information content (AvgIpc) is 3.31. The van der Waals surface area contributed by atoms with Crippen molar-refractivity contribution in [1.29, 1.82) is 0 Å². The third-order valence-corrected chi connectivity index (χ3v) is 6.63. The van der Waals surface area contributed by atoms with E-state index in [4.69, 9.17) is 14.2 Å². The zero-order valence-corrected chi connectivity index (χ0v) is 20.7. The van der Waals surface area contributed by atoms with Crippen LogP contribution in [0.3, 0.4) is 0 Å². The fraction of sp³-hybridized carbons (Fsp3) is 0.667. The molecule has 3 aliphatic rings. The van der Waals surface area contributed by atoms with Crippen LogP contribution in [0.15, 0.2) is 18.2 Å². The summed E-state index contributed by atoms with van der Waals surface area (Å²) in [5.41, 5.74) is 5.98. The molecule has 188 valence electrons. The van der Waals surface area contributed by atoms with E-state index >= 15 is 0 Å². The molecule has 1 unspecified atom stereocenters. The molecular weight excluding hydrogens is 438 g/mol. The van der Waals surface area contributed by atoms with Crippen molar-refractivity contribution in [1.82, 2.24) is 15.3 Å². The van der Waals surface area contributed by atoms with Crippen LogP contribution >= 0.6 is 0 Å². The number of morpholine rings is 1. The molecule has 0 radical (unpaired) electrons. The van der Waals surface area contributed by atoms with Gasteiger partial charge in [0.25, 0.3) is 0 Å². The van der Waals surface area contributed by atoms with Crippen LogP contribution in [-0.4, -0.2) is 100 Å². The molecule has 3 heterocycles. The van der Waals surface area contributed by atoms with E-state index in [9.17, 15) is 9.59 Å². The van der Waals surface area contributed by atoms with Crippen LogP contribution in [-0.2, 0) is 14.2 Å². The molecule has 0 saturated carbocycles. The van der Waals surface area contributed by atoms with Crippen molar-refractivity contribution < 1.29 is 23.8 Å². The maximum atomic E-state index is 12.9. The number of anilines is 2. The van der Waals surface area contributed by atoms with Crippen LogP contribution < -0.4 is 15.2 Å². The molecule has 3 aliphatic heterocycles. The number of benzene rings is 1. The molecular formula is C24H37N5O5. The summed E-state index contributed by atoms with van der Waals surface area (Å²) >= 11 is 0. The van der Waals surface area contributed by atoms with Gasteiger partial charge in [-0.1, -0.05) is 6.07 Å². The number of methoxy groups -OCH3 is 1. The van der Waals surface area contributed by atoms with Crippen LogP contribution in [0.4, 0.5) is 21.0 Å². The van der Waals surface area contributed by atoms with Gasteiger partial charge in [-0.3, -0.25) is 20.1 Å². The molecule has 1 N–H and O–H groups in total. The lowest BCUT2D eigenvalue weighted by atomic mass is 9.97. The Balaban J connectivity index is 1.51. The van der Waals surface area contributed by atoms with Gasteiger partial charge >= 0.3 is 12.2 Å². The Kier molecular flexibility index (Phi) is 7.92. The summed E-state index contributed by atoms with van der Waals surface area (Å²) in [6.07, 6.45) is -1.07. The number of carbonyl (C=O) groups is 2. The van der Waals surface area contributed by atoms with Crippen LogP contribution in [0.1, 0.15) is 32.3 Å². The molecule has 2 saturated heterocycles. The van der Waals surface area contributed by atoms with Crippen molar-refractivity contribution >= 4 is 23.6 Å². The number of amides is 2. The van der Waals surface area contributed by atoms with Gasteiger partial charge in [0.1, 0.15) is 0 Å². The second-order valence-corrected chi connectivity index (χ2v) is 9.44. The number of rotatable bonds is 5. The van der Waals surface area contributed by atoms with Crippen molar-refractivity contribution in [2.45, 2.75) is 38.8 Å². The number of hydrazine groups is 1. The molecule has 0 spiro atoms. The summed E-state index contributed by atoms with van der Waals surface area (Å²) in [6.45, 7) is 13.2. The monoisotopic (exact) mass is 475 g/mol. The van der Waals surface area contributed by atoms with Gasteiger partial charge in [0.05, 0.1) is 50.4 Å². The van der Waals surface area contributed by atoms with Gasteiger partial charge in [0.15, 0.2) is 0 Å². The molecule has 0 bridgehead atoms. The molecule has 1 aromatic rings. The lowest BCUT2D eigenvalue weighted by Gasteiger charge is -2.40. The van der Waals surface area contributed by atoms with Gasteiger partial charge in [-0.15, -0.1) is 0 Å². The molecule has 2 fully saturated rings. The largest absolute Gasteiger partial charge is 0.452 e. The molecule has 4 rings (SSSR count). The first-order valence-electron chi connectivity index (χ1n) is 12.1. The molecule has 10 heteroatoms. The highest BCUT2D eigenvalue weighted by molar-refractivity contribution is 6.00. The van der Waals surface area contributed by atoms with E-state index in [-0.39, 0.29) is 18.1 Å². The van der Waals surface area contributed by atoms with Gasteiger partial charge < -0.3 is 14.2 Å². The van der Waals surface area contributed by atoms with E-state index in [2.05, 4.69) is 21.4 Å². The van der Waals surface area contributed by atoms with Crippen molar-refractivity contribution in [3.05, 3.63) is 23.8 Å². The minimum atomic E-state index is -0.435. The number of carbonyl (C=O) groups excluding carboxylic acids is 2. The Labute approximate surface area is 201 Å². The van der Waals surface area contributed by atoms with Crippen molar-refractivity contribution in [2.75, 3.05) is 75.9 Å². The normalized spacial score (nSPS) is 23.8. The highest BCUT2D eigenvalue weighted by atomic mass is 16.6. The number of nitrogens with zero attached hydrogens (tertiary/aromatic N) is 4. The lowest BCUT2D eigenvalue weighted by Crippen LogP contribution is -2.52. The Hall–Kier alpha value is -2.40. The third-order valence-electron chi connectivity index (χ3n) is 6.63. The van der Waals surface area contributed by atoms with E-state index in [1.165, 1.54) is 7.11 Å². The number of ether oxygens (including phenoxy) is 3. The maximum absolute atomic E-state index is 12.9. The minimum Gasteiger partial charge on any atom is -0.452 e. The number of fused-ring (bicyclic) bond motifs is 1. The standard InChI is InChI=1S/C24H37N5O5/c1-17(2)34-23(30)28-15-18(3)29(24(31)32-4)21-6-5-19(13-22(21)28)20-14-25-27(16-20)8-7-26-9-11-33-12-10-26/h5-6,13,17-18,20,25H,7-12,14-16H2,1-4H3/t18-,20?/m0/s1. The summed E-state index contributed by atoms with van der Waals surface area (Å²) in [4.78, 5) is 31.1. The van der Waals surface area contributed by atoms with E-state index in [0.717, 1.165) is 58.0 Å². The zero-order valence-electron chi connectivity index (χ0n) is 20.7. The quantitative estimate of drug-likeness (QED) is 0.694. The van der Waals surface area contributed by atoms with Gasteiger partial charge in [0.2, 0.25) is 0 Å². The predicted octanol–water partition coefficient (Wildman–Crippen LogP) is 2.25. The van der Waals surface area contributed by atoms with Gasteiger partial charge in [-0.25, -0.2) is 14.6 Å². The van der Waals surface area contributed by atoms with E-state index < -0.39 is 12.2 Å². The van der Waals surface area contributed by atoms with Crippen molar-refractivity contribution in [3.8, 4) is 0 Å². The SMILES string of the molecule is COC(=O)N1c2ccc(C3CNN(CCN4CCOCC4)C3)cc2N(C(=O)OC(C)C)C[C@@H]1C. The van der Waals surface area contributed by atoms with Gasteiger partial charge in [-0.2, -0.15) is 0 Å². The second-order valence-electron chi connectivity index (χ2n) is 9.44. The molecule has 34 heavy (non-hydrogen) atoms. The van der Waals surface area contributed by atoms with Gasteiger partial charge in [0, 0.05) is 45.2 Å². The summed E-state index contributed by atoms with van der Waals surface area (Å²) in [5, 5.41) is 2.27. The highest BCUT2D eigenvalue weighted by Crippen LogP contribution is 2.39. The maximum Gasteiger partial charge on any atom is 0.414 e. The highest BCUT2D eigenvalue weighted by Gasteiger charge is 2.37. The summed E-state index contributed by atoms with van der Waals surface area (Å²) in [6, 6.07) is 5.76. The minimum absolute atomic E-state index is 0.230. The number of hydrogen-bond donors (Lipinski definition) is 1. The Bertz CT molecular complexity index is 875. The first kappa shape index (κ1) is 24.7. The van der Waals surface area contributed by atoms with Gasteiger partial charge in [-0.05, 0) is 38.5 Å². The number of hydrogen-bond acceptors (Lipinski definition) is 8. The average molecular weight is 476 g/mol. The Morgan fingerprint density at radius 1 is 1.12 bits per heavy atom. The molecule has 2 amide bonds. The van der Waals surface area contributed by atoms with Crippen LogP contribution in [0, 0.1) is 0 Å². The smallest absolute Gasteiger partial charge is 0.414 e. The molecule has 0 aliphatic carbocycles. The summed E-state index contributed by atoms with van der Waals surface area (Å²) in [7, 11) is 1.37. The van der Waals surface area contributed by atoms with E-state index in [1.54, 1.807) is 9.80 Å². The Morgan fingerprint density at radius 3 is 2.59 bits per heavy atom. The first-order chi connectivity index (χ1) is 16.4. The first-order valence-corrected chi connectivity index (χ1v) is 12.1. The lowest BCUT2D eigenvalue weighted by molar-refractivity contribution is 0.0323. The van der Waals surface area contributed by atoms with Crippen molar-refractivity contribution in [2.24, 2.45) is 0 Å². The van der Waals surface area contributed by atoms with E-state index in [1.807, 2.05) is 32.9 Å². The molecule has 0 aromatic heterocycles. The van der Waals surface area contributed by atoms with Crippen LogP contribution in [0.5, 0.6) is 0 Å².